The minimum absolute atomic E-state index is 0.0343. The topological polar surface area (TPSA) is 91.8 Å². The number of rotatable bonds is 6. The maximum absolute atomic E-state index is 5.81. The van der Waals surface area contributed by atoms with Gasteiger partial charge in [0.1, 0.15) is 5.75 Å². The summed E-state index contributed by atoms with van der Waals surface area (Å²) in [7, 11) is 1.63. The van der Waals surface area contributed by atoms with Crippen molar-refractivity contribution in [1.29, 1.82) is 0 Å². The van der Waals surface area contributed by atoms with Gasteiger partial charge in [-0.05, 0) is 54.5 Å². The molecule has 0 saturated heterocycles. The van der Waals surface area contributed by atoms with Crippen LogP contribution in [0.4, 0.5) is 0 Å². The van der Waals surface area contributed by atoms with Gasteiger partial charge in [0.15, 0.2) is 0 Å². The van der Waals surface area contributed by atoms with Gasteiger partial charge in [-0.2, -0.15) is 0 Å². The molecular weight excluding hydrogens is 328 g/mol. The van der Waals surface area contributed by atoms with E-state index < -0.39 is 0 Å². The molecule has 8 nitrogen and oxygen atoms in total. The molecule has 0 radical (unpaired) electrons. The molecule has 2 aromatic heterocycles. The highest BCUT2D eigenvalue weighted by Crippen LogP contribution is 2.40. The van der Waals surface area contributed by atoms with E-state index in [0.717, 1.165) is 29.3 Å². The number of hydrogen-bond acceptors (Lipinski definition) is 8. The van der Waals surface area contributed by atoms with Crippen molar-refractivity contribution in [3.8, 4) is 17.2 Å². The first-order valence-electron chi connectivity index (χ1n) is 7.67. The first-order valence-corrected chi connectivity index (χ1v) is 8.55. The van der Waals surface area contributed by atoms with Crippen LogP contribution in [0.5, 0.6) is 5.75 Å². The van der Waals surface area contributed by atoms with Crippen LogP contribution < -0.4 is 4.74 Å². The van der Waals surface area contributed by atoms with Crippen LogP contribution in [0.1, 0.15) is 36.9 Å². The molecule has 1 aliphatic rings. The maximum Gasteiger partial charge on any atom is 0.247 e. The molecule has 124 valence electrons. The minimum atomic E-state index is -0.0343. The third-order valence-electron chi connectivity index (χ3n) is 3.76. The number of hydrogen-bond donors (Lipinski definition) is 0. The summed E-state index contributed by atoms with van der Waals surface area (Å²) in [6.45, 7) is 2.00. The van der Waals surface area contributed by atoms with Crippen molar-refractivity contribution in [3.63, 3.8) is 0 Å². The van der Waals surface area contributed by atoms with Gasteiger partial charge in [0.05, 0.1) is 18.4 Å². The van der Waals surface area contributed by atoms with Crippen LogP contribution in [0.15, 0.2) is 33.8 Å². The van der Waals surface area contributed by atoms with Gasteiger partial charge < -0.3 is 9.15 Å². The lowest BCUT2D eigenvalue weighted by Crippen LogP contribution is -2.00. The number of thioether (sulfide) groups is 1. The second-order valence-electron chi connectivity index (χ2n) is 5.57. The van der Waals surface area contributed by atoms with Gasteiger partial charge in [0, 0.05) is 5.56 Å². The van der Waals surface area contributed by atoms with Crippen LogP contribution in [-0.4, -0.2) is 37.5 Å². The quantitative estimate of drug-likeness (QED) is 0.630. The van der Waals surface area contributed by atoms with E-state index in [2.05, 4.69) is 25.7 Å². The lowest BCUT2D eigenvalue weighted by Gasteiger charge is -2.06. The van der Waals surface area contributed by atoms with Gasteiger partial charge in [-0.3, -0.25) is 0 Å². The SMILES string of the molecule is COc1ccc(-c2nnc([C@H](C)Sc3nnnn3C3CC3)o2)cc1. The van der Waals surface area contributed by atoms with Crippen molar-refractivity contribution < 1.29 is 9.15 Å². The monoisotopic (exact) mass is 344 g/mol. The summed E-state index contributed by atoms with van der Waals surface area (Å²) in [5.74, 6) is 1.83. The van der Waals surface area contributed by atoms with Crippen molar-refractivity contribution in [2.45, 2.75) is 36.2 Å². The lowest BCUT2D eigenvalue weighted by molar-refractivity contribution is 0.415. The molecule has 1 fully saturated rings. The van der Waals surface area contributed by atoms with E-state index in [9.17, 15) is 0 Å². The molecule has 1 aromatic carbocycles. The standard InChI is InChI=1S/C15H16N6O2S/c1-9(24-15-18-19-20-21(15)11-5-6-11)13-16-17-14(23-13)10-3-7-12(22-2)8-4-10/h3-4,7-9,11H,5-6H2,1-2H3/t9-/m0/s1. The third-order valence-corrected chi connectivity index (χ3v) is 4.80. The Morgan fingerprint density at radius 1 is 1.21 bits per heavy atom. The predicted octanol–water partition coefficient (Wildman–Crippen LogP) is 2.92. The van der Waals surface area contributed by atoms with E-state index in [1.807, 2.05) is 35.9 Å². The van der Waals surface area contributed by atoms with Crippen LogP contribution >= 0.6 is 11.8 Å². The summed E-state index contributed by atoms with van der Waals surface area (Å²) in [5.41, 5.74) is 0.856. The highest BCUT2D eigenvalue weighted by Gasteiger charge is 2.29. The van der Waals surface area contributed by atoms with E-state index >= 15 is 0 Å². The van der Waals surface area contributed by atoms with Gasteiger partial charge in [0.25, 0.3) is 0 Å². The fourth-order valence-corrected chi connectivity index (χ4v) is 3.16. The molecular formula is C15H16N6O2S. The van der Waals surface area contributed by atoms with Crippen molar-refractivity contribution >= 4 is 11.8 Å². The highest BCUT2D eigenvalue weighted by atomic mass is 32.2. The second-order valence-corrected chi connectivity index (χ2v) is 6.88. The largest absolute Gasteiger partial charge is 0.497 e. The lowest BCUT2D eigenvalue weighted by atomic mass is 10.2. The zero-order valence-electron chi connectivity index (χ0n) is 13.3. The van der Waals surface area contributed by atoms with Crippen molar-refractivity contribution in [2.24, 2.45) is 0 Å². The van der Waals surface area contributed by atoms with Gasteiger partial charge >= 0.3 is 0 Å². The summed E-state index contributed by atoms with van der Waals surface area (Å²) in [6, 6.07) is 7.94. The Labute approximate surface area is 142 Å². The van der Waals surface area contributed by atoms with Crippen molar-refractivity contribution in [3.05, 3.63) is 30.2 Å². The molecule has 9 heteroatoms. The highest BCUT2D eigenvalue weighted by molar-refractivity contribution is 7.99. The normalized spacial score (nSPS) is 15.4. The van der Waals surface area contributed by atoms with Crippen molar-refractivity contribution in [2.75, 3.05) is 7.11 Å². The Kier molecular flexibility index (Phi) is 3.93. The Balaban J connectivity index is 1.49. The molecule has 0 amide bonds. The number of nitrogens with zero attached hydrogens (tertiary/aromatic N) is 6. The number of methoxy groups -OCH3 is 1. The van der Waals surface area contributed by atoms with Crippen LogP contribution in [0.25, 0.3) is 11.5 Å². The minimum Gasteiger partial charge on any atom is -0.497 e. The first-order chi connectivity index (χ1) is 11.7. The molecule has 0 aliphatic heterocycles. The number of benzene rings is 1. The van der Waals surface area contributed by atoms with Gasteiger partial charge in [-0.1, -0.05) is 11.8 Å². The summed E-state index contributed by atoms with van der Waals surface area (Å²) in [6.07, 6.45) is 2.27. The molecule has 0 N–H and O–H groups in total. The average Bonchev–Trinajstić information content (AvgIpc) is 3.15. The Bertz CT molecular complexity index is 827. The van der Waals surface area contributed by atoms with Crippen LogP contribution in [-0.2, 0) is 0 Å². The van der Waals surface area contributed by atoms with E-state index in [4.69, 9.17) is 9.15 Å². The Morgan fingerprint density at radius 2 is 2.00 bits per heavy atom. The molecule has 1 aliphatic carbocycles. The maximum atomic E-state index is 5.81. The number of ether oxygens (including phenoxy) is 1. The van der Waals surface area contributed by atoms with E-state index in [0.29, 0.717) is 17.8 Å². The molecule has 24 heavy (non-hydrogen) atoms. The summed E-state index contributed by atoms with van der Waals surface area (Å²) >= 11 is 1.52. The zero-order chi connectivity index (χ0) is 16.5. The molecule has 0 spiro atoms. The van der Waals surface area contributed by atoms with Gasteiger partial charge in [-0.25, -0.2) is 4.68 Å². The third kappa shape index (κ3) is 2.99. The summed E-state index contributed by atoms with van der Waals surface area (Å²) in [4.78, 5) is 0. The smallest absolute Gasteiger partial charge is 0.247 e. The van der Waals surface area contributed by atoms with E-state index in [1.54, 1.807) is 7.11 Å². The molecule has 2 heterocycles. The molecule has 1 atom stereocenters. The fourth-order valence-electron chi connectivity index (χ4n) is 2.27. The Morgan fingerprint density at radius 3 is 2.71 bits per heavy atom. The molecule has 0 unspecified atom stereocenters. The molecule has 3 aromatic rings. The van der Waals surface area contributed by atoms with Crippen molar-refractivity contribution in [1.82, 2.24) is 30.4 Å². The number of tetrazole rings is 1. The average molecular weight is 344 g/mol. The van der Waals surface area contributed by atoms with Crippen LogP contribution in [0, 0.1) is 0 Å². The van der Waals surface area contributed by atoms with Crippen LogP contribution in [0.2, 0.25) is 0 Å². The summed E-state index contributed by atoms with van der Waals surface area (Å²) < 4.78 is 12.8. The molecule has 1 saturated carbocycles. The van der Waals surface area contributed by atoms with Gasteiger partial charge in [0.2, 0.25) is 16.9 Å². The van der Waals surface area contributed by atoms with Crippen LogP contribution in [0.3, 0.4) is 0 Å². The molecule has 0 bridgehead atoms. The molecule has 4 rings (SSSR count). The van der Waals surface area contributed by atoms with E-state index in [-0.39, 0.29) is 5.25 Å². The zero-order valence-corrected chi connectivity index (χ0v) is 14.1. The number of aromatic nitrogens is 6. The fraction of sp³-hybridized carbons (Fsp3) is 0.400. The predicted molar refractivity (Wildman–Crippen MR) is 86.6 cm³/mol. The Hall–Kier alpha value is -2.42. The van der Waals surface area contributed by atoms with E-state index in [1.165, 1.54) is 11.8 Å². The van der Waals surface area contributed by atoms with Gasteiger partial charge in [-0.15, -0.1) is 15.3 Å². The second kappa shape index (κ2) is 6.23. The summed E-state index contributed by atoms with van der Waals surface area (Å²) in [5, 5.41) is 20.9. The first kappa shape index (κ1) is 15.1.